The molecule has 0 fully saturated rings. The van der Waals surface area contributed by atoms with Gasteiger partial charge in [0.15, 0.2) is 11.6 Å². The number of anilines is 1. The van der Waals surface area contributed by atoms with Gasteiger partial charge in [0, 0.05) is 23.9 Å². The van der Waals surface area contributed by atoms with Crippen molar-refractivity contribution in [1.82, 2.24) is 15.0 Å². The highest BCUT2D eigenvalue weighted by atomic mass is 79.9. The van der Waals surface area contributed by atoms with Gasteiger partial charge in [-0.25, -0.2) is 15.0 Å². The summed E-state index contributed by atoms with van der Waals surface area (Å²) >= 11 is 3.39. The Labute approximate surface area is 139 Å². The first-order chi connectivity index (χ1) is 10.4. The summed E-state index contributed by atoms with van der Waals surface area (Å²) in [5, 5.41) is 3.29. The fraction of sp³-hybridized carbons (Fsp3) is 0.438. The monoisotopic (exact) mass is 364 g/mol. The second-order valence-corrected chi connectivity index (χ2v) is 6.54. The van der Waals surface area contributed by atoms with E-state index in [0.717, 1.165) is 15.9 Å². The Balaban J connectivity index is 2.40. The smallest absolute Gasteiger partial charge is 0.187 e. The maximum absolute atomic E-state index is 6.08. The van der Waals surface area contributed by atoms with E-state index in [2.05, 4.69) is 63.9 Å². The molecule has 5 nitrogen and oxygen atoms in total. The van der Waals surface area contributed by atoms with Gasteiger partial charge in [0.05, 0.1) is 6.20 Å². The second-order valence-electron chi connectivity index (χ2n) is 5.73. The van der Waals surface area contributed by atoms with E-state index in [1.807, 2.05) is 19.2 Å². The van der Waals surface area contributed by atoms with Crippen LogP contribution < -0.4 is 10.1 Å². The Morgan fingerprint density at radius 3 is 2.45 bits per heavy atom. The van der Waals surface area contributed by atoms with E-state index in [1.54, 1.807) is 6.20 Å². The minimum atomic E-state index is 0.255. The lowest BCUT2D eigenvalue weighted by atomic mass is 10.1. The standard InChI is InChI=1S/C16H21BrN4O/c1-9(2)12-7-19-15(17)6-13(12)22-14-8-18-11(5)21-16(14)20-10(3)4/h6-10H,1-5H3,(H,18,20,21). The van der Waals surface area contributed by atoms with Gasteiger partial charge in [0.2, 0.25) is 0 Å². The first-order valence-electron chi connectivity index (χ1n) is 7.30. The second kappa shape index (κ2) is 7.05. The van der Waals surface area contributed by atoms with Gasteiger partial charge in [0.1, 0.15) is 16.2 Å². The van der Waals surface area contributed by atoms with E-state index in [9.17, 15) is 0 Å². The Hall–Kier alpha value is -1.69. The van der Waals surface area contributed by atoms with Gasteiger partial charge >= 0.3 is 0 Å². The Kier molecular flexibility index (Phi) is 5.34. The molecule has 0 aliphatic rings. The molecule has 2 aromatic rings. The number of hydrogen-bond acceptors (Lipinski definition) is 5. The van der Waals surface area contributed by atoms with E-state index in [1.165, 1.54) is 0 Å². The fourth-order valence-electron chi connectivity index (χ4n) is 1.97. The van der Waals surface area contributed by atoms with Gasteiger partial charge in [-0.2, -0.15) is 0 Å². The molecule has 0 aliphatic carbocycles. The van der Waals surface area contributed by atoms with E-state index >= 15 is 0 Å². The van der Waals surface area contributed by atoms with Crippen LogP contribution in [0, 0.1) is 6.92 Å². The van der Waals surface area contributed by atoms with Crippen molar-refractivity contribution in [1.29, 1.82) is 0 Å². The van der Waals surface area contributed by atoms with Crippen molar-refractivity contribution in [2.45, 2.75) is 46.6 Å². The normalized spacial score (nSPS) is 11.1. The van der Waals surface area contributed by atoms with Crippen LogP contribution >= 0.6 is 15.9 Å². The molecular weight excluding hydrogens is 344 g/mol. The van der Waals surface area contributed by atoms with Gasteiger partial charge in [-0.3, -0.25) is 0 Å². The largest absolute Gasteiger partial charge is 0.451 e. The average molecular weight is 365 g/mol. The molecule has 0 saturated carbocycles. The fourth-order valence-corrected chi connectivity index (χ4v) is 2.28. The highest BCUT2D eigenvalue weighted by Gasteiger charge is 2.14. The number of ether oxygens (including phenoxy) is 1. The minimum Gasteiger partial charge on any atom is -0.451 e. The van der Waals surface area contributed by atoms with Crippen molar-refractivity contribution in [3.63, 3.8) is 0 Å². The lowest BCUT2D eigenvalue weighted by molar-refractivity contribution is 0.467. The lowest BCUT2D eigenvalue weighted by Crippen LogP contribution is -2.13. The molecule has 0 atom stereocenters. The highest BCUT2D eigenvalue weighted by molar-refractivity contribution is 9.10. The number of nitrogens with one attached hydrogen (secondary N) is 1. The van der Waals surface area contributed by atoms with E-state index in [0.29, 0.717) is 23.3 Å². The van der Waals surface area contributed by atoms with Crippen molar-refractivity contribution in [3.05, 3.63) is 34.5 Å². The molecule has 6 heteroatoms. The lowest BCUT2D eigenvalue weighted by Gasteiger charge is -2.17. The molecular formula is C16H21BrN4O. The molecule has 2 aromatic heterocycles. The van der Waals surface area contributed by atoms with Gasteiger partial charge in [0.25, 0.3) is 0 Å². The predicted molar refractivity (Wildman–Crippen MR) is 91.6 cm³/mol. The zero-order chi connectivity index (χ0) is 16.3. The molecule has 0 unspecified atom stereocenters. The van der Waals surface area contributed by atoms with E-state index in [-0.39, 0.29) is 6.04 Å². The molecule has 0 saturated heterocycles. The third kappa shape index (κ3) is 4.16. The number of pyridine rings is 1. The SMILES string of the molecule is Cc1ncc(Oc2cc(Br)ncc2C(C)C)c(NC(C)C)n1. The summed E-state index contributed by atoms with van der Waals surface area (Å²) in [5.74, 6) is 3.08. The topological polar surface area (TPSA) is 59.9 Å². The van der Waals surface area contributed by atoms with Gasteiger partial charge in [-0.05, 0) is 42.6 Å². The summed E-state index contributed by atoms with van der Waals surface area (Å²) in [6.45, 7) is 10.2. The number of aryl methyl sites for hydroxylation is 1. The van der Waals surface area contributed by atoms with Crippen molar-refractivity contribution >= 4 is 21.7 Å². The van der Waals surface area contributed by atoms with Gasteiger partial charge in [-0.15, -0.1) is 0 Å². The van der Waals surface area contributed by atoms with Crippen LogP contribution in [0.1, 0.15) is 45.0 Å². The maximum Gasteiger partial charge on any atom is 0.187 e. The molecule has 2 heterocycles. The number of halogens is 1. The Morgan fingerprint density at radius 2 is 1.82 bits per heavy atom. The van der Waals surface area contributed by atoms with E-state index < -0.39 is 0 Å². The van der Waals surface area contributed by atoms with Crippen LogP contribution in [0.4, 0.5) is 5.82 Å². The maximum atomic E-state index is 6.08. The minimum absolute atomic E-state index is 0.255. The number of nitrogens with zero attached hydrogens (tertiary/aromatic N) is 3. The Morgan fingerprint density at radius 1 is 1.09 bits per heavy atom. The molecule has 0 radical (unpaired) electrons. The molecule has 118 valence electrons. The summed E-state index contributed by atoms with van der Waals surface area (Å²) in [7, 11) is 0. The summed E-state index contributed by atoms with van der Waals surface area (Å²) in [6.07, 6.45) is 3.53. The summed E-state index contributed by atoms with van der Waals surface area (Å²) in [5.41, 5.74) is 1.04. The summed E-state index contributed by atoms with van der Waals surface area (Å²) < 4.78 is 6.82. The van der Waals surface area contributed by atoms with Crippen LogP contribution in [0.5, 0.6) is 11.5 Å². The first-order valence-corrected chi connectivity index (χ1v) is 8.09. The molecule has 0 aromatic carbocycles. The molecule has 2 rings (SSSR count). The third-order valence-corrected chi connectivity index (χ3v) is 3.44. The van der Waals surface area contributed by atoms with Crippen LogP contribution in [0.2, 0.25) is 0 Å². The Bertz CT molecular complexity index is 659. The summed E-state index contributed by atoms with van der Waals surface area (Å²) in [4.78, 5) is 12.9. The van der Waals surface area contributed by atoms with Crippen LogP contribution in [-0.2, 0) is 0 Å². The van der Waals surface area contributed by atoms with Crippen molar-refractivity contribution in [2.24, 2.45) is 0 Å². The van der Waals surface area contributed by atoms with Gasteiger partial charge in [-0.1, -0.05) is 13.8 Å². The first kappa shape index (κ1) is 16.7. The van der Waals surface area contributed by atoms with E-state index in [4.69, 9.17) is 4.74 Å². The van der Waals surface area contributed by atoms with Crippen LogP contribution in [0.15, 0.2) is 23.1 Å². The molecule has 0 spiro atoms. The highest BCUT2D eigenvalue weighted by Crippen LogP contribution is 2.34. The molecule has 0 amide bonds. The summed E-state index contributed by atoms with van der Waals surface area (Å²) in [6, 6.07) is 2.12. The third-order valence-electron chi connectivity index (χ3n) is 3.00. The van der Waals surface area contributed by atoms with Gasteiger partial charge < -0.3 is 10.1 Å². The number of rotatable bonds is 5. The zero-order valence-electron chi connectivity index (χ0n) is 13.5. The molecule has 0 bridgehead atoms. The van der Waals surface area contributed by atoms with Crippen molar-refractivity contribution in [2.75, 3.05) is 5.32 Å². The number of aromatic nitrogens is 3. The molecule has 22 heavy (non-hydrogen) atoms. The van der Waals surface area contributed by atoms with Crippen molar-refractivity contribution in [3.8, 4) is 11.5 Å². The van der Waals surface area contributed by atoms with Crippen LogP contribution in [-0.4, -0.2) is 21.0 Å². The quantitative estimate of drug-likeness (QED) is 0.780. The predicted octanol–water partition coefficient (Wildman–Crippen LogP) is 4.68. The van der Waals surface area contributed by atoms with Crippen LogP contribution in [0.3, 0.4) is 0 Å². The van der Waals surface area contributed by atoms with Crippen molar-refractivity contribution < 1.29 is 4.74 Å². The number of hydrogen-bond donors (Lipinski definition) is 1. The molecule has 1 N–H and O–H groups in total. The average Bonchev–Trinajstić information content (AvgIpc) is 2.41. The molecule has 0 aliphatic heterocycles. The van der Waals surface area contributed by atoms with Crippen LogP contribution in [0.25, 0.3) is 0 Å². The zero-order valence-corrected chi connectivity index (χ0v) is 15.1.